The average Bonchev–Trinajstić information content (AvgIpc) is 2.75. The Kier molecular flexibility index (Phi) is 9.23. The summed E-state index contributed by atoms with van der Waals surface area (Å²) in [6.07, 6.45) is 6.14. The van der Waals surface area contributed by atoms with E-state index in [2.05, 4.69) is 10.3 Å². The largest absolute Gasteiger partial charge is 0.501 e. The Bertz CT molecular complexity index is 994. The van der Waals surface area contributed by atoms with E-state index < -0.39 is 35.0 Å². The zero-order valence-corrected chi connectivity index (χ0v) is 21.3. The number of piperidine rings is 1. The first kappa shape index (κ1) is 26.6. The Morgan fingerprint density at radius 3 is 2.64 bits per heavy atom. The Morgan fingerprint density at radius 2 is 2.03 bits per heavy atom. The number of hydrogen-bond donors (Lipinski definition) is 2. The number of allylic oxidation sites excluding steroid dienone is 2. The van der Waals surface area contributed by atoms with Gasteiger partial charge in [-0.05, 0) is 65.0 Å². The number of aromatic hydroxyl groups is 1. The number of rotatable bonds is 6. The summed E-state index contributed by atoms with van der Waals surface area (Å²) in [5, 5.41) is 13.1. The molecule has 2 N–H and O–H groups in total. The minimum atomic E-state index is -0.744. The van der Waals surface area contributed by atoms with E-state index in [-0.39, 0.29) is 11.5 Å². The van der Waals surface area contributed by atoms with Gasteiger partial charge in [0.2, 0.25) is 5.75 Å². The summed E-state index contributed by atoms with van der Waals surface area (Å²) in [6.45, 7) is 9.67. The van der Waals surface area contributed by atoms with Crippen LogP contribution in [0.25, 0.3) is 0 Å². The van der Waals surface area contributed by atoms with Crippen LogP contribution in [0.1, 0.15) is 76.2 Å². The Labute approximate surface area is 196 Å². The van der Waals surface area contributed by atoms with Gasteiger partial charge in [0.15, 0.2) is 5.69 Å². The predicted octanol–water partition coefficient (Wildman–Crippen LogP) is 3.79. The number of aromatic nitrogens is 2. The highest BCUT2D eigenvalue weighted by molar-refractivity contribution is 7.41. The van der Waals surface area contributed by atoms with Crippen molar-refractivity contribution < 1.29 is 19.4 Å². The van der Waals surface area contributed by atoms with E-state index in [0.29, 0.717) is 27.2 Å². The first-order valence-electron chi connectivity index (χ1n) is 11.2. The van der Waals surface area contributed by atoms with E-state index in [9.17, 15) is 19.5 Å². The van der Waals surface area contributed by atoms with E-state index in [0.717, 1.165) is 19.0 Å². The Balaban J connectivity index is 2.47. The highest BCUT2D eigenvalue weighted by Crippen LogP contribution is 2.31. The lowest BCUT2D eigenvalue weighted by Gasteiger charge is -2.36. The van der Waals surface area contributed by atoms with Crippen LogP contribution in [0, 0.1) is 0 Å². The molecule has 9 nitrogen and oxygen atoms in total. The van der Waals surface area contributed by atoms with Crippen molar-refractivity contribution in [3.63, 3.8) is 0 Å². The lowest BCUT2D eigenvalue weighted by molar-refractivity contribution is 0.00794. The van der Waals surface area contributed by atoms with Crippen LogP contribution in [0.4, 0.5) is 4.79 Å². The van der Waals surface area contributed by atoms with Gasteiger partial charge in [0.25, 0.3) is 11.5 Å². The van der Waals surface area contributed by atoms with Crippen LogP contribution in [0.2, 0.25) is 0 Å². The van der Waals surface area contributed by atoms with Crippen LogP contribution in [0.15, 0.2) is 28.5 Å². The first-order valence-corrected chi connectivity index (χ1v) is 12.5. The molecular weight excluding hydrogens is 443 g/mol. The Morgan fingerprint density at radius 1 is 1.33 bits per heavy atom. The van der Waals surface area contributed by atoms with Gasteiger partial charge in [0, 0.05) is 19.3 Å². The molecule has 1 saturated heterocycles. The molecule has 2 heterocycles. The van der Waals surface area contributed by atoms with Gasteiger partial charge in [-0.2, -0.15) is 0 Å². The fourth-order valence-electron chi connectivity index (χ4n) is 3.51. The maximum Gasteiger partial charge on any atom is 0.410 e. The summed E-state index contributed by atoms with van der Waals surface area (Å²) in [6, 6.07) is -0.550. The third-order valence-corrected chi connectivity index (χ3v) is 5.93. The lowest BCUT2D eigenvalue weighted by atomic mass is 10.0. The number of hydrogen-bond acceptors (Lipinski definition) is 6. The summed E-state index contributed by atoms with van der Waals surface area (Å²) in [5.41, 5.74) is -1.21. The zero-order chi connectivity index (χ0) is 24.8. The summed E-state index contributed by atoms with van der Waals surface area (Å²) in [7, 11) is 1.98. The van der Waals surface area contributed by atoms with Crippen molar-refractivity contribution in [2.75, 3.05) is 12.7 Å². The molecule has 10 heteroatoms. The molecule has 2 amide bonds. The molecule has 1 fully saturated rings. The number of amides is 2. The van der Waals surface area contributed by atoms with Crippen molar-refractivity contribution in [1.29, 1.82) is 0 Å². The fourth-order valence-corrected chi connectivity index (χ4v) is 4.10. The Hall–Kier alpha value is -2.67. The highest BCUT2D eigenvalue weighted by atomic mass is 31.1. The van der Waals surface area contributed by atoms with Gasteiger partial charge in [0.1, 0.15) is 11.4 Å². The second kappa shape index (κ2) is 11.5. The van der Waals surface area contributed by atoms with Crippen molar-refractivity contribution in [2.45, 2.75) is 65.5 Å². The number of carbonyl (C=O) groups is 2. The van der Waals surface area contributed by atoms with E-state index in [4.69, 9.17) is 4.74 Å². The molecule has 2 atom stereocenters. The number of nitrogens with zero attached hydrogens (tertiary/aromatic N) is 3. The summed E-state index contributed by atoms with van der Waals surface area (Å²) in [4.78, 5) is 44.5. The number of likely N-dealkylation sites (tertiary alicyclic amines) is 1. The minimum absolute atomic E-state index is 0.237. The quantitative estimate of drug-likeness (QED) is 0.475. The maximum absolute atomic E-state index is 13.0. The van der Waals surface area contributed by atoms with Gasteiger partial charge in [-0.3, -0.25) is 19.1 Å². The van der Waals surface area contributed by atoms with Crippen LogP contribution in [0.5, 0.6) is 5.75 Å². The smallest absolute Gasteiger partial charge is 0.410 e. The molecule has 2 unspecified atom stereocenters. The molecule has 182 valence electrons. The van der Waals surface area contributed by atoms with Gasteiger partial charge >= 0.3 is 6.09 Å². The third kappa shape index (κ3) is 6.90. The van der Waals surface area contributed by atoms with Gasteiger partial charge in [-0.15, -0.1) is 0 Å². The summed E-state index contributed by atoms with van der Waals surface area (Å²) < 4.78 is 6.74. The number of carbonyl (C=O) groups excluding carboxylic acids is 2. The second-order valence-electron chi connectivity index (χ2n) is 8.83. The summed E-state index contributed by atoms with van der Waals surface area (Å²) in [5.74, 6) is 0.718. The molecule has 1 aromatic heterocycles. The number of ether oxygens (including phenoxy) is 1. The van der Waals surface area contributed by atoms with Crippen LogP contribution in [-0.4, -0.2) is 49.9 Å². The van der Waals surface area contributed by atoms with Gasteiger partial charge in [-0.1, -0.05) is 21.6 Å². The second-order valence-corrected chi connectivity index (χ2v) is 10.2. The SMILES string of the molecule is C/C=C/C(=C\PCC)NC(=O)c1nc(C2CCCCN2C(=O)OC(C)(C)C)n(C)c(=O)c1O. The van der Waals surface area contributed by atoms with Crippen LogP contribution in [0.3, 0.4) is 0 Å². The molecule has 0 aromatic carbocycles. The van der Waals surface area contributed by atoms with Crippen molar-refractivity contribution in [3.8, 4) is 5.75 Å². The maximum atomic E-state index is 13.0. The van der Waals surface area contributed by atoms with Crippen molar-refractivity contribution >= 4 is 20.6 Å². The van der Waals surface area contributed by atoms with Crippen molar-refractivity contribution in [1.82, 2.24) is 19.8 Å². The highest BCUT2D eigenvalue weighted by Gasteiger charge is 2.35. The molecule has 1 aromatic rings. The van der Waals surface area contributed by atoms with E-state index in [1.807, 2.05) is 19.7 Å². The average molecular weight is 479 g/mol. The minimum Gasteiger partial charge on any atom is -0.501 e. The van der Waals surface area contributed by atoms with Crippen molar-refractivity contribution in [3.05, 3.63) is 45.5 Å². The normalized spacial score (nSPS) is 17.7. The monoisotopic (exact) mass is 478 g/mol. The van der Waals surface area contributed by atoms with Crippen LogP contribution < -0.4 is 10.9 Å². The van der Waals surface area contributed by atoms with Crippen LogP contribution >= 0.6 is 8.58 Å². The first-order chi connectivity index (χ1) is 15.5. The molecule has 2 rings (SSSR count). The molecule has 0 spiro atoms. The molecule has 0 saturated carbocycles. The molecule has 1 aliphatic rings. The molecule has 33 heavy (non-hydrogen) atoms. The van der Waals surface area contributed by atoms with Gasteiger partial charge in [-0.25, -0.2) is 9.78 Å². The van der Waals surface area contributed by atoms with Gasteiger partial charge in [0.05, 0.1) is 6.04 Å². The standard InChI is InChI=1S/C23H35N4O5P/c1-7-11-15(14-33-8-2)24-20(29)17-18(28)21(30)26(6)19(25-17)16-12-9-10-13-27(16)22(31)32-23(3,4)5/h7,11,14,16,28,33H,8-10,12-13H2,1-6H3,(H,24,29)/b11-7+,15-14+. The van der Waals surface area contributed by atoms with E-state index >= 15 is 0 Å². The molecule has 0 radical (unpaired) electrons. The predicted molar refractivity (Wildman–Crippen MR) is 130 cm³/mol. The van der Waals surface area contributed by atoms with Crippen molar-refractivity contribution in [2.24, 2.45) is 7.05 Å². The summed E-state index contributed by atoms with van der Waals surface area (Å²) >= 11 is 0. The van der Waals surface area contributed by atoms with E-state index in [1.165, 1.54) is 11.6 Å². The molecule has 0 aliphatic carbocycles. The fraction of sp³-hybridized carbons (Fsp3) is 0.565. The molecule has 0 bridgehead atoms. The zero-order valence-electron chi connectivity index (χ0n) is 20.3. The third-order valence-electron chi connectivity index (χ3n) is 5.01. The topological polar surface area (TPSA) is 114 Å². The lowest BCUT2D eigenvalue weighted by Crippen LogP contribution is -2.44. The molecular formula is C23H35N4O5P. The molecule has 1 aliphatic heterocycles. The van der Waals surface area contributed by atoms with Gasteiger partial charge < -0.3 is 15.2 Å². The van der Waals surface area contributed by atoms with E-state index in [1.54, 1.807) is 37.8 Å². The number of nitrogens with one attached hydrogen (secondary N) is 1. The van der Waals surface area contributed by atoms with Crippen LogP contribution in [-0.2, 0) is 11.8 Å².